The second-order valence-electron chi connectivity index (χ2n) is 3.55. The summed E-state index contributed by atoms with van der Waals surface area (Å²) in [5, 5.41) is 3.01. The maximum atomic E-state index is 11.8. The molecular weight excluding hydrogens is 211 g/mol. The van der Waals surface area contributed by atoms with Crippen LogP contribution in [0.4, 0.5) is 13.2 Å². The molecular formula is C9H14F3NO2. The van der Waals surface area contributed by atoms with Gasteiger partial charge in [-0.3, -0.25) is 4.79 Å². The Balaban J connectivity index is 2.17. The van der Waals surface area contributed by atoms with E-state index in [2.05, 4.69) is 5.32 Å². The van der Waals surface area contributed by atoms with Gasteiger partial charge in [0.1, 0.15) is 5.78 Å². The number of hydrogen-bond acceptors (Lipinski definition) is 3. The summed E-state index contributed by atoms with van der Waals surface area (Å²) >= 11 is 0. The number of hydrogen-bond donors (Lipinski definition) is 1. The molecule has 0 aliphatic carbocycles. The summed E-state index contributed by atoms with van der Waals surface area (Å²) in [5.41, 5.74) is 0. The van der Waals surface area contributed by atoms with E-state index in [0.29, 0.717) is 13.2 Å². The smallest absolute Gasteiger partial charge is 0.375 e. The Labute approximate surface area is 86.0 Å². The van der Waals surface area contributed by atoms with E-state index in [1.54, 1.807) is 0 Å². The lowest BCUT2D eigenvalue weighted by molar-refractivity contribution is -0.144. The Hall–Kier alpha value is -0.620. The van der Waals surface area contributed by atoms with Crippen molar-refractivity contribution in [1.82, 2.24) is 5.32 Å². The van der Waals surface area contributed by atoms with Crippen LogP contribution in [-0.2, 0) is 9.53 Å². The lowest BCUT2D eigenvalue weighted by atomic mass is 10.1. The predicted octanol–water partition coefficient (Wildman–Crippen LogP) is 1.28. The Morgan fingerprint density at radius 2 is 2.20 bits per heavy atom. The van der Waals surface area contributed by atoms with Crippen LogP contribution >= 0.6 is 0 Å². The van der Waals surface area contributed by atoms with Crippen molar-refractivity contribution < 1.29 is 22.7 Å². The minimum atomic E-state index is -4.25. The lowest BCUT2D eigenvalue weighted by Gasteiger charge is -2.22. The first-order valence-corrected chi connectivity index (χ1v) is 4.88. The molecule has 1 saturated heterocycles. The summed E-state index contributed by atoms with van der Waals surface area (Å²) in [4.78, 5) is 11.2. The Morgan fingerprint density at radius 3 is 2.73 bits per heavy atom. The number of halogens is 3. The molecule has 1 atom stereocenters. The van der Waals surface area contributed by atoms with Gasteiger partial charge in [-0.05, 0) is 0 Å². The summed E-state index contributed by atoms with van der Waals surface area (Å²) in [6, 6.07) is 0. The minimum absolute atomic E-state index is 0.0725. The summed E-state index contributed by atoms with van der Waals surface area (Å²) in [6.45, 7) is 1.78. The summed E-state index contributed by atoms with van der Waals surface area (Å²) in [7, 11) is 0. The van der Waals surface area contributed by atoms with Gasteiger partial charge in [0.2, 0.25) is 0 Å². The molecule has 0 amide bonds. The molecule has 0 aromatic rings. The molecule has 0 bridgehead atoms. The highest BCUT2D eigenvalue weighted by Gasteiger charge is 2.28. The van der Waals surface area contributed by atoms with Crippen molar-refractivity contribution in [3.63, 3.8) is 0 Å². The maximum absolute atomic E-state index is 11.8. The summed E-state index contributed by atoms with van der Waals surface area (Å²) in [5.74, 6) is -0.388. The van der Waals surface area contributed by atoms with Gasteiger partial charge >= 0.3 is 6.18 Å². The molecule has 1 rings (SSSR count). The molecule has 1 heterocycles. The van der Waals surface area contributed by atoms with Crippen LogP contribution in [0.3, 0.4) is 0 Å². The third-order valence-electron chi connectivity index (χ3n) is 2.15. The van der Waals surface area contributed by atoms with Gasteiger partial charge in [-0.1, -0.05) is 0 Å². The number of carbonyl (C=O) groups excluding carboxylic acids is 1. The standard InChI is InChI=1S/C9H14F3NO2/c10-9(11,12)2-1-7(14)5-8-6-13-3-4-15-8/h8,13H,1-6H2. The molecule has 1 fully saturated rings. The second-order valence-corrected chi connectivity index (χ2v) is 3.55. The molecule has 1 unspecified atom stereocenters. The average Bonchev–Trinajstić information content (AvgIpc) is 2.15. The number of nitrogens with one attached hydrogen (secondary N) is 1. The third kappa shape index (κ3) is 5.74. The fourth-order valence-electron chi connectivity index (χ4n) is 1.39. The Morgan fingerprint density at radius 1 is 1.47 bits per heavy atom. The van der Waals surface area contributed by atoms with E-state index in [0.717, 1.165) is 6.54 Å². The van der Waals surface area contributed by atoms with E-state index >= 15 is 0 Å². The van der Waals surface area contributed by atoms with Crippen molar-refractivity contribution in [2.45, 2.75) is 31.5 Å². The van der Waals surface area contributed by atoms with Crippen molar-refractivity contribution in [1.29, 1.82) is 0 Å². The Bertz CT molecular complexity index is 212. The van der Waals surface area contributed by atoms with E-state index in [1.807, 2.05) is 0 Å². The molecule has 0 aromatic carbocycles. The highest BCUT2D eigenvalue weighted by molar-refractivity contribution is 5.78. The number of ketones is 1. The quantitative estimate of drug-likeness (QED) is 0.783. The number of Topliss-reactive ketones (excluding diaryl/α,β-unsaturated/α-hetero) is 1. The van der Waals surface area contributed by atoms with Crippen LogP contribution in [0, 0.1) is 0 Å². The largest absolute Gasteiger partial charge is 0.389 e. The van der Waals surface area contributed by atoms with Crippen LogP contribution in [0.5, 0.6) is 0 Å². The first kappa shape index (κ1) is 12.4. The van der Waals surface area contributed by atoms with Crippen LogP contribution in [0.15, 0.2) is 0 Å². The van der Waals surface area contributed by atoms with Crippen molar-refractivity contribution in [3.8, 4) is 0 Å². The monoisotopic (exact) mass is 225 g/mol. The van der Waals surface area contributed by atoms with Gasteiger partial charge in [0.05, 0.1) is 19.1 Å². The van der Waals surface area contributed by atoms with E-state index in [4.69, 9.17) is 4.74 Å². The number of morpholine rings is 1. The fourth-order valence-corrected chi connectivity index (χ4v) is 1.39. The minimum Gasteiger partial charge on any atom is -0.375 e. The number of carbonyl (C=O) groups is 1. The first-order chi connectivity index (χ1) is 6.97. The highest BCUT2D eigenvalue weighted by Crippen LogP contribution is 2.22. The zero-order valence-corrected chi connectivity index (χ0v) is 8.27. The molecule has 0 saturated carbocycles. The first-order valence-electron chi connectivity index (χ1n) is 4.88. The summed E-state index contributed by atoms with van der Waals surface area (Å²) < 4.78 is 40.6. The molecule has 6 heteroatoms. The highest BCUT2D eigenvalue weighted by atomic mass is 19.4. The summed E-state index contributed by atoms with van der Waals surface area (Å²) in [6.07, 6.45) is -5.92. The number of alkyl halides is 3. The lowest BCUT2D eigenvalue weighted by Crippen LogP contribution is -2.39. The average molecular weight is 225 g/mol. The van der Waals surface area contributed by atoms with E-state index in [-0.39, 0.29) is 18.3 Å². The topological polar surface area (TPSA) is 38.3 Å². The SMILES string of the molecule is O=C(CCC(F)(F)F)CC1CNCCO1. The predicted molar refractivity (Wildman–Crippen MR) is 47.5 cm³/mol. The van der Waals surface area contributed by atoms with Gasteiger partial charge in [-0.15, -0.1) is 0 Å². The van der Waals surface area contributed by atoms with Gasteiger partial charge < -0.3 is 10.1 Å². The normalized spacial score (nSPS) is 22.7. The second kappa shape index (κ2) is 5.46. The number of ether oxygens (including phenoxy) is 1. The van der Waals surface area contributed by atoms with Crippen LogP contribution in [0.25, 0.3) is 0 Å². The zero-order valence-electron chi connectivity index (χ0n) is 8.27. The molecule has 1 aliphatic heterocycles. The fraction of sp³-hybridized carbons (Fsp3) is 0.889. The van der Waals surface area contributed by atoms with Crippen molar-refractivity contribution in [3.05, 3.63) is 0 Å². The van der Waals surface area contributed by atoms with Gasteiger partial charge in [-0.2, -0.15) is 13.2 Å². The molecule has 0 aromatic heterocycles. The van der Waals surface area contributed by atoms with Crippen molar-refractivity contribution in [2.24, 2.45) is 0 Å². The molecule has 15 heavy (non-hydrogen) atoms. The van der Waals surface area contributed by atoms with E-state index in [9.17, 15) is 18.0 Å². The molecule has 0 spiro atoms. The molecule has 3 nitrogen and oxygen atoms in total. The van der Waals surface area contributed by atoms with Crippen LogP contribution in [-0.4, -0.2) is 37.8 Å². The molecule has 0 radical (unpaired) electrons. The van der Waals surface area contributed by atoms with Crippen LogP contribution in [0.1, 0.15) is 19.3 Å². The Kier molecular flexibility index (Phi) is 4.53. The molecule has 88 valence electrons. The van der Waals surface area contributed by atoms with Gasteiger partial charge in [0.25, 0.3) is 0 Å². The van der Waals surface area contributed by atoms with E-state index < -0.39 is 19.0 Å². The molecule has 1 N–H and O–H groups in total. The molecule has 1 aliphatic rings. The van der Waals surface area contributed by atoms with Gasteiger partial charge in [-0.25, -0.2) is 0 Å². The van der Waals surface area contributed by atoms with E-state index in [1.165, 1.54) is 0 Å². The van der Waals surface area contributed by atoms with Crippen molar-refractivity contribution in [2.75, 3.05) is 19.7 Å². The van der Waals surface area contributed by atoms with Gasteiger partial charge in [0, 0.05) is 25.9 Å². The number of rotatable bonds is 4. The zero-order chi connectivity index (χ0) is 11.3. The maximum Gasteiger partial charge on any atom is 0.389 e. The van der Waals surface area contributed by atoms with Gasteiger partial charge in [0.15, 0.2) is 0 Å². The van der Waals surface area contributed by atoms with Crippen LogP contribution in [0.2, 0.25) is 0 Å². The van der Waals surface area contributed by atoms with Crippen molar-refractivity contribution >= 4 is 5.78 Å². The third-order valence-corrected chi connectivity index (χ3v) is 2.15. The van der Waals surface area contributed by atoms with Crippen LogP contribution < -0.4 is 5.32 Å².